The van der Waals surface area contributed by atoms with Crippen LogP contribution in [0.15, 0.2) is 6.07 Å². The third-order valence-electron chi connectivity index (χ3n) is 3.23. The Hall–Kier alpha value is -1.32. The van der Waals surface area contributed by atoms with E-state index in [1.165, 1.54) is 19.3 Å². The lowest BCUT2D eigenvalue weighted by molar-refractivity contribution is 0.321. The van der Waals surface area contributed by atoms with Crippen LogP contribution in [0, 0.1) is 12.8 Å². The van der Waals surface area contributed by atoms with Gasteiger partial charge in [-0.05, 0) is 25.7 Å². The fourth-order valence-electron chi connectivity index (χ4n) is 2.03. The number of nitrogens with zero attached hydrogens (tertiary/aromatic N) is 3. The van der Waals surface area contributed by atoms with E-state index in [-0.39, 0.29) is 0 Å². The van der Waals surface area contributed by atoms with Crippen LogP contribution < -0.4 is 10.2 Å². The molecule has 1 aromatic heterocycles. The van der Waals surface area contributed by atoms with Crippen molar-refractivity contribution in [1.29, 1.82) is 0 Å². The Labute approximate surface area is 97.1 Å². The summed E-state index contributed by atoms with van der Waals surface area (Å²) in [7, 11) is 4.00. The van der Waals surface area contributed by atoms with Gasteiger partial charge in [-0.25, -0.2) is 9.97 Å². The molecule has 1 heterocycles. The van der Waals surface area contributed by atoms with Crippen LogP contribution in [0.4, 0.5) is 11.6 Å². The van der Waals surface area contributed by atoms with Crippen molar-refractivity contribution in [3.05, 3.63) is 11.9 Å². The SMILES string of the molecule is CNc1cc(N(C)CC2CCC2)nc(C)n1. The number of hydrogen-bond acceptors (Lipinski definition) is 4. The molecule has 0 saturated heterocycles. The zero-order valence-electron chi connectivity index (χ0n) is 10.3. The van der Waals surface area contributed by atoms with Crippen molar-refractivity contribution in [3.8, 4) is 0 Å². The summed E-state index contributed by atoms with van der Waals surface area (Å²) in [5.41, 5.74) is 0. The molecule has 1 aromatic rings. The molecule has 0 spiro atoms. The van der Waals surface area contributed by atoms with E-state index >= 15 is 0 Å². The number of aryl methyl sites for hydroxylation is 1. The maximum Gasteiger partial charge on any atom is 0.134 e. The molecule has 88 valence electrons. The summed E-state index contributed by atoms with van der Waals surface area (Å²) >= 11 is 0. The summed E-state index contributed by atoms with van der Waals surface area (Å²) in [5.74, 6) is 3.59. The van der Waals surface area contributed by atoms with Crippen molar-refractivity contribution in [2.45, 2.75) is 26.2 Å². The zero-order valence-corrected chi connectivity index (χ0v) is 10.3. The molecule has 0 unspecified atom stereocenters. The van der Waals surface area contributed by atoms with Crippen LogP contribution in [0.3, 0.4) is 0 Å². The fraction of sp³-hybridized carbons (Fsp3) is 0.667. The third kappa shape index (κ3) is 2.43. The molecule has 1 saturated carbocycles. The van der Waals surface area contributed by atoms with Crippen molar-refractivity contribution in [2.75, 3.05) is 30.9 Å². The quantitative estimate of drug-likeness (QED) is 0.843. The average Bonchev–Trinajstić information content (AvgIpc) is 2.22. The highest BCUT2D eigenvalue weighted by atomic mass is 15.2. The van der Waals surface area contributed by atoms with Gasteiger partial charge in [0.25, 0.3) is 0 Å². The Morgan fingerprint density at radius 3 is 2.75 bits per heavy atom. The first-order chi connectivity index (χ1) is 7.69. The van der Waals surface area contributed by atoms with E-state index in [1.54, 1.807) is 0 Å². The van der Waals surface area contributed by atoms with E-state index in [4.69, 9.17) is 0 Å². The number of rotatable bonds is 4. The first-order valence-corrected chi connectivity index (χ1v) is 5.93. The number of aromatic nitrogens is 2. The van der Waals surface area contributed by atoms with Crippen LogP contribution in [-0.4, -0.2) is 30.6 Å². The summed E-state index contributed by atoms with van der Waals surface area (Å²) < 4.78 is 0. The van der Waals surface area contributed by atoms with Crippen LogP contribution in [0.5, 0.6) is 0 Å². The second-order valence-electron chi connectivity index (χ2n) is 4.59. The van der Waals surface area contributed by atoms with Gasteiger partial charge in [0.1, 0.15) is 17.5 Å². The van der Waals surface area contributed by atoms with Crippen molar-refractivity contribution >= 4 is 11.6 Å². The predicted octanol–water partition coefficient (Wildman–Crippen LogP) is 2.06. The van der Waals surface area contributed by atoms with Gasteiger partial charge in [-0.3, -0.25) is 0 Å². The lowest BCUT2D eigenvalue weighted by Crippen LogP contribution is -2.30. The van der Waals surface area contributed by atoms with Crippen LogP contribution in [0.1, 0.15) is 25.1 Å². The zero-order chi connectivity index (χ0) is 11.5. The Balaban J connectivity index is 2.08. The highest BCUT2D eigenvalue weighted by Gasteiger charge is 2.19. The van der Waals surface area contributed by atoms with E-state index < -0.39 is 0 Å². The number of hydrogen-bond donors (Lipinski definition) is 1. The van der Waals surface area contributed by atoms with Crippen molar-refractivity contribution < 1.29 is 0 Å². The molecule has 4 nitrogen and oxygen atoms in total. The highest BCUT2D eigenvalue weighted by Crippen LogP contribution is 2.28. The van der Waals surface area contributed by atoms with Crippen LogP contribution in [0.25, 0.3) is 0 Å². The van der Waals surface area contributed by atoms with Gasteiger partial charge in [-0.1, -0.05) is 6.42 Å². The maximum atomic E-state index is 4.47. The van der Waals surface area contributed by atoms with Gasteiger partial charge >= 0.3 is 0 Å². The van der Waals surface area contributed by atoms with Gasteiger partial charge < -0.3 is 10.2 Å². The molecule has 0 amide bonds. The molecule has 0 aromatic carbocycles. The molecular weight excluding hydrogens is 200 g/mol. The molecule has 1 N–H and O–H groups in total. The van der Waals surface area contributed by atoms with Gasteiger partial charge in [0.2, 0.25) is 0 Å². The largest absolute Gasteiger partial charge is 0.373 e. The van der Waals surface area contributed by atoms with E-state index in [2.05, 4.69) is 27.2 Å². The minimum absolute atomic E-state index is 0.822. The standard InChI is InChI=1S/C12H20N4/c1-9-14-11(13-2)7-12(15-9)16(3)8-10-5-4-6-10/h7,10H,4-6,8H2,1-3H3,(H,13,14,15). The smallest absolute Gasteiger partial charge is 0.134 e. The molecule has 1 aliphatic rings. The van der Waals surface area contributed by atoms with Gasteiger partial charge in [-0.2, -0.15) is 0 Å². The average molecular weight is 220 g/mol. The molecule has 1 fully saturated rings. The van der Waals surface area contributed by atoms with E-state index in [0.29, 0.717) is 0 Å². The minimum atomic E-state index is 0.822. The molecule has 0 bridgehead atoms. The van der Waals surface area contributed by atoms with Crippen LogP contribution in [-0.2, 0) is 0 Å². The summed E-state index contributed by atoms with van der Waals surface area (Å²) in [4.78, 5) is 11.0. The molecule has 2 rings (SSSR count). The summed E-state index contributed by atoms with van der Waals surface area (Å²) in [6.45, 7) is 3.04. The van der Waals surface area contributed by atoms with E-state index in [0.717, 1.165) is 29.9 Å². The molecule has 0 atom stereocenters. The molecule has 0 radical (unpaired) electrons. The van der Waals surface area contributed by atoms with Crippen molar-refractivity contribution in [3.63, 3.8) is 0 Å². The van der Waals surface area contributed by atoms with Gasteiger partial charge in [-0.15, -0.1) is 0 Å². The minimum Gasteiger partial charge on any atom is -0.373 e. The first-order valence-electron chi connectivity index (χ1n) is 5.93. The van der Waals surface area contributed by atoms with Crippen molar-refractivity contribution in [1.82, 2.24) is 9.97 Å². The molecular formula is C12H20N4. The Morgan fingerprint density at radius 2 is 2.19 bits per heavy atom. The molecule has 4 heteroatoms. The number of anilines is 2. The van der Waals surface area contributed by atoms with Crippen LogP contribution in [0.2, 0.25) is 0 Å². The van der Waals surface area contributed by atoms with Crippen LogP contribution >= 0.6 is 0 Å². The Morgan fingerprint density at radius 1 is 1.44 bits per heavy atom. The summed E-state index contributed by atoms with van der Waals surface area (Å²) in [6, 6.07) is 2.01. The Kier molecular flexibility index (Phi) is 3.27. The lowest BCUT2D eigenvalue weighted by Gasteiger charge is -2.30. The predicted molar refractivity (Wildman–Crippen MR) is 66.9 cm³/mol. The maximum absolute atomic E-state index is 4.47. The van der Waals surface area contributed by atoms with Gasteiger partial charge in [0.15, 0.2) is 0 Å². The first kappa shape index (κ1) is 11.2. The third-order valence-corrected chi connectivity index (χ3v) is 3.23. The van der Waals surface area contributed by atoms with Gasteiger partial charge in [0.05, 0.1) is 0 Å². The second kappa shape index (κ2) is 4.68. The number of nitrogens with one attached hydrogen (secondary N) is 1. The normalized spacial score (nSPS) is 15.7. The second-order valence-corrected chi connectivity index (χ2v) is 4.59. The molecule has 0 aliphatic heterocycles. The van der Waals surface area contributed by atoms with Crippen molar-refractivity contribution in [2.24, 2.45) is 5.92 Å². The van der Waals surface area contributed by atoms with E-state index in [1.807, 2.05) is 20.0 Å². The highest BCUT2D eigenvalue weighted by molar-refractivity contribution is 5.48. The Bertz CT molecular complexity index is 360. The topological polar surface area (TPSA) is 41.0 Å². The fourth-order valence-corrected chi connectivity index (χ4v) is 2.03. The molecule has 16 heavy (non-hydrogen) atoms. The summed E-state index contributed by atoms with van der Waals surface area (Å²) in [5, 5.41) is 3.07. The lowest BCUT2D eigenvalue weighted by atomic mass is 9.85. The molecule has 1 aliphatic carbocycles. The monoisotopic (exact) mass is 220 g/mol. The van der Waals surface area contributed by atoms with Gasteiger partial charge in [0, 0.05) is 26.7 Å². The van der Waals surface area contributed by atoms with E-state index in [9.17, 15) is 0 Å². The summed E-state index contributed by atoms with van der Waals surface area (Å²) in [6.07, 6.45) is 4.13.